The molecule has 2 aromatic carbocycles. The molecular weight excluding hydrogens is 394 g/mol. The molecule has 29 heavy (non-hydrogen) atoms. The van der Waals surface area contributed by atoms with E-state index in [0.29, 0.717) is 17.1 Å². The molecule has 0 radical (unpaired) electrons. The molecule has 1 aliphatic heterocycles. The topological polar surface area (TPSA) is 95.1 Å². The van der Waals surface area contributed by atoms with Crippen LogP contribution in [0.3, 0.4) is 0 Å². The number of halogens is 1. The monoisotopic (exact) mass is 417 g/mol. The zero-order valence-electron chi connectivity index (χ0n) is 16.0. The first-order valence-electron chi connectivity index (χ1n) is 9.56. The Kier molecular flexibility index (Phi) is 5.55. The predicted molar refractivity (Wildman–Crippen MR) is 110 cm³/mol. The molecule has 154 valence electrons. The predicted octanol–water partition coefficient (Wildman–Crippen LogP) is 2.90. The van der Waals surface area contributed by atoms with Gasteiger partial charge < -0.3 is 29.7 Å². The molecule has 0 spiro atoms. The van der Waals surface area contributed by atoms with Gasteiger partial charge in [0.15, 0.2) is 0 Å². The summed E-state index contributed by atoms with van der Waals surface area (Å²) in [4.78, 5) is 0. The van der Waals surface area contributed by atoms with E-state index in [1.54, 1.807) is 12.1 Å². The number of aliphatic hydroxyl groups excluding tert-OH is 3. The van der Waals surface area contributed by atoms with Crippen molar-refractivity contribution in [1.82, 2.24) is 4.57 Å². The Balaban J connectivity index is 1.82. The fourth-order valence-electron chi connectivity index (χ4n) is 4.03. The Morgan fingerprint density at radius 2 is 1.90 bits per heavy atom. The fourth-order valence-corrected chi connectivity index (χ4v) is 4.41. The third-order valence-electron chi connectivity index (χ3n) is 5.45. The molecule has 1 aliphatic rings. The van der Waals surface area contributed by atoms with E-state index in [4.69, 9.17) is 16.3 Å². The van der Waals surface area contributed by atoms with Crippen molar-refractivity contribution in [1.29, 1.82) is 0 Å². The highest BCUT2D eigenvalue weighted by Gasteiger charge is 2.39. The van der Waals surface area contributed by atoms with Crippen LogP contribution in [0.1, 0.15) is 29.2 Å². The van der Waals surface area contributed by atoms with Crippen molar-refractivity contribution in [3.8, 4) is 5.75 Å². The highest BCUT2D eigenvalue weighted by Crippen LogP contribution is 2.39. The number of hydrogen-bond acceptors (Lipinski definition) is 5. The van der Waals surface area contributed by atoms with E-state index in [1.807, 2.05) is 42.0 Å². The molecule has 1 aromatic heterocycles. The van der Waals surface area contributed by atoms with Crippen LogP contribution < -0.4 is 0 Å². The number of aliphatic hydroxyl groups is 3. The van der Waals surface area contributed by atoms with Crippen LogP contribution in [0.15, 0.2) is 42.6 Å². The molecule has 7 heteroatoms. The van der Waals surface area contributed by atoms with Gasteiger partial charge in [-0.15, -0.1) is 0 Å². The Morgan fingerprint density at radius 3 is 2.59 bits per heavy atom. The number of phenolic OH excluding ortho intramolecular Hbond substituents is 1. The zero-order valence-corrected chi connectivity index (χ0v) is 16.8. The minimum absolute atomic E-state index is 0.181. The largest absolute Gasteiger partial charge is 0.508 e. The molecule has 1 fully saturated rings. The van der Waals surface area contributed by atoms with Crippen LogP contribution >= 0.6 is 11.6 Å². The van der Waals surface area contributed by atoms with Gasteiger partial charge in [0, 0.05) is 30.1 Å². The van der Waals surface area contributed by atoms with Crippen molar-refractivity contribution in [2.75, 3.05) is 6.61 Å². The molecular formula is C22H24ClNO5. The van der Waals surface area contributed by atoms with Crippen molar-refractivity contribution in [2.24, 2.45) is 0 Å². The third-order valence-corrected chi connectivity index (χ3v) is 5.74. The van der Waals surface area contributed by atoms with Gasteiger partial charge in [0.1, 0.15) is 18.0 Å². The van der Waals surface area contributed by atoms with Crippen LogP contribution in [-0.4, -0.2) is 49.9 Å². The number of aromatic nitrogens is 1. The first kappa shape index (κ1) is 20.2. The molecule has 4 rings (SSSR count). The van der Waals surface area contributed by atoms with Crippen LogP contribution in [0.5, 0.6) is 5.75 Å². The van der Waals surface area contributed by atoms with Crippen molar-refractivity contribution in [3.63, 3.8) is 0 Å². The van der Waals surface area contributed by atoms with E-state index >= 15 is 0 Å². The molecule has 0 amide bonds. The number of benzene rings is 2. The smallest absolute Gasteiger partial charge is 0.115 e. The van der Waals surface area contributed by atoms with Gasteiger partial charge in [-0.1, -0.05) is 23.7 Å². The van der Waals surface area contributed by atoms with Crippen LogP contribution in [0.4, 0.5) is 0 Å². The molecule has 0 saturated carbocycles. The van der Waals surface area contributed by atoms with Crippen LogP contribution in [0.25, 0.3) is 10.9 Å². The van der Waals surface area contributed by atoms with Gasteiger partial charge in [-0.2, -0.15) is 0 Å². The summed E-state index contributed by atoms with van der Waals surface area (Å²) in [6.45, 7) is 2.22. The average molecular weight is 418 g/mol. The van der Waals surface area contributed by atoms with Crippen LogP contribution in [0.2, 0.25) is 5.02 Å². The quantitative estimate of drug-likeness (QED) is 0.523. The number of ether oxygens (including phenoxy) is 1. The van der Waals surface area contributed by atoms with E-state index < -0.39 is 24.4 Å². The van der Waals surface area contributed by atoms with Gasteiger partial charge in [0.05, 0.1) is 29.4 Å². The van der Waals surface area contributed by atoms with Gasteiger partial charge in [-0.3, -0.25) is 0 Å². The highest BCUT2D eigenvalue weighted by atomic mass is 35.5. The van der Waals surface area contributed by atoms with Crippen molar-refractivity contribution < 1.29 is 25.2 Å². The maximum atomic E-state index is 10.6. The first-order chi connectivity index (χ1) is 13.9. The number of phenols is 1. The standard InChI is InChI=1S/C22H24ClNO5/c1-12-6-16-17(22-21(28)19(27)8-15(11-25)29-22)10-24(20(16)18(23)7-12)9-13-2-4-14(26)5-3-13/h2-7,10,15,19,21-22,25-28H,8-9,11H2,1H3/t15-,19-,21-,22-/m0/s1. The number of aromatic hydroxyl groups is 1. The zero-order chi connectivity index (χ0) is 20.7. The van der Waals surface area contributed by atoms with Crippen molar-refractivity contribution in [2.45, 2.75) is 44.3 Å². The van der Waals surface area contributed by atoms with Crippen molar-refractivity contribution in [3.05, 3.63) is 64.3 Å². The van der Waals surface area contributed by atoms with Gasteiger partial charge in [-0.25, -0.2) is 0 Å². The summed E-state index contributed by atoms with van der Waals surface area (Å²) in [6.07, 6.45) is -1.36. The van der Waals surface area contributed by atoms with Crippen molar-refractivity contribution >= 4 is 22.5 Å². The van der Waals surface area contributed by atoms with Crippen LogP contribution in [-0.2, 0) is 11.3 Å². The lowest BCUT2D eigenvalue weighted by Gasteiger charge is -2.36. The van der Waals surface area contributed by atoms with E-state index in [9.17, 15) is 20.4 Å². The number of aryl methyl sites for hydroxylation is 1. The Hall–Kier alpha value is -2.09. The maximum Gasteiger partial charge on any atom is 0.115 e. The summed E-state index contributed by atoms with van der Waals surface area (Å²) in [5.74, 6) is 0.197. The van der Waals surface area contributed by atoms with E-state index in [2.05, 4.69) is 0 Å². The summed E-state index contributed by atoms with van der Waals surface area (Å²) in [5.41, 5.74) is 3.46. The molecule has 4 N–H and O–H groups in total. The lowest BCUT2D eigenvalue weighted by Crippen LogP contribution is -2.44. The summed E-state index contributed by atoms with van der Waals surface area (Å²) >= 11 is 6.58. The highest BCUT2D eigenvalue weighted by molar-refractivity contribution is 6.35. The van der Waals surface area contributed by atoms with Gasteiger partial charge in [-0.05, 0) is 42.3 Å². The van der Waals surface area contributed by atoms with E-state index in [-0.39, 0.29) is 18.8 Å². The van der Waals surface area contributed by atoms with E-state index in [1.165, 1.54) is 0 Å². The molecule has 0 aliphatic carbocycles. The van der Waals surface area contributed by atoms with Gasteiger partial charge in [0.25, 0.3) is 0 Å². The van der Waals surface area contributed by atoms with Crippen LogP contribution in [0, 0.1) is 6.92 Å². The second kappa shape index (κ2) is 7.97. The summed E-state index contributed by atoms with van der Waals surface area (Å²) in [7, 11) is 0. The maximum absolute atomic E-state index is 10.6. The van der Waals surface area contributed by atoms with Gasteiger partial charge in [0.2, 0.25) is 0 Å². The molecule has 0 unspecified atom stereocenters. The molecule has 2 heterocycles. The summed E-state index contributed by atoms with van der Waals surface area (Å²) < 4.78 is 7.90. The molecule has 0 bridgehead atoms. The Bertz CT molecular complexity index is 1020. The summed E-state index contributed by atoms with van der Waals surface area (Å²) in [5, 5.41) is 41.3. The third kappa shape index (κ3) is 3.86. The number of fused-ring (bicyclic) bond motifs is 1. The SMILES string of the molecule is Cc1cc(Cl)c2c(c1)c([C@@H]1O[C@H](CO)C[C@H](O)[C@@H]1O)cn2Cc1ccc(O)cc1. The normalized spacial score (nSPS) is 24.9. The lowest BCUT2D eigenvalue weighted by atomic mass is 9.93. The second-order valence-electron chi connectivity index (χ2n) is 7.68. The number of hydrogen-bond donors (Lipinski definition) is 4. The molecule has 3 aromatic rings. The van der Waals surface area contributed by atoms with Gasteiger partial charge >= 0.3 is 0 Å². The Morgan fingerprint density at radius 1 is 1.17 bits per heavy atom. The lowest BCUT2D eigenvalue weighted by molar-refractivity contribution is -0.179. The molecule has 1 saturated heterocycles. The molecule has 6 nitrogen and oxygen atoms in total. The minimum atomic E-state index is -1.11. The number of rotatable bonds is 4. The second-order valence-corrected chi connectivity index (χ2v) is 8.08. The Labute approximate surface area is 173 Å². The number of nitrogens with zero attached hydrogens (tertiary/aromatic N) is 1. The van der Waals surface area contributed by atoms with E-state index in [0.717, 1.165) is 22.0 Å². The first-order valence-corrected chi connectivity index (χ1v) is 9.94. The molecule has 4 atom stereocenters. The fraction of sp³-hybridized carbons (Fsp3) is 0.364. The minimum Gasteiger partial charge on any atom is -0.508 e. The summed E-state index contributed by atoms with van der Waals surface area (Å²) in [6, 6.07) is 10.8. The average Bonchev–Trinajstić information content (AvgIpc) is 3.03.